The summed E-state index contributed by atoms with van der Waals surface area (Å²) in [5.41, 5.74) is 1.03. The number of hydrogen-bond acceptors (Lipinski definition) is 1. The zero-order chi connectivity index (χ0) is 14.3. The van der Waals surface area contributed by atoms with Crippen molar-refractivity contribution in [2.24, 2.45) is 17.8 Å². The van der Waals surface area contributed by atoms with Crippen LogP contribution in [0.2, 0.25) is 15.1 Å². The minimum atomic E-state index is 0.205. The lowest BCUT2D eigenvalue weighted by Crippen LogP contribution is -2.28. The van der Waals surface area contributed by atoms with Crippen molar-refractivity contribution in [1.82, 2.24) is 5.32 Å². The standard InChI is InChI=1S/C16H20Cl3N/c1-9(13-4-5-14(17)16(19)15(13)18)20-8-12-7-10-2-3-11(12)6-10/h4-5,9-12,20H,2-3,6-8H2,1H3. The zero-order valence-corrected chi connectivity index (χ0v) is 13.9. The third-order valence-corrected chi connectivity index (χ3v) is 6.41. The molecule has 2 fully saturated rings. The van der Waals surface area contributed by atoms with Crippen LogP contribution >= 0.6 is 34.8 Å². The van der Waals surface area contributed by atoms with Gasteiger partial charge in [-0.1, -0.05) is 47.3 Å². The highest BCUT2D eigenvalue weighted by atomic mass is 35.5. The predicted octanol–water partition coefficient (Wildman–Crippen LogP) is 5.73. The molecule has 1 aromatic carbocycles. The molecule has 0 saturated heterocycles. The molecule has 1 nitrogen and oxygen atoms in total. The van der Waals surface area contributed by atoms with Crippen molar-refractivity contribution in [3.8, 4) is 0 Å². The Hall–Kier alpha value is 0.0500. The van der Waals surface area contributed by atoms with Gasteiger partial charge in [0.1, 0.15) is 0 Å². The Morgan fingerprint density at radius 2 is 1.95 bits per heavy atom. The molecule has 0 aromatic heterocycles. The van der Waals surface area contributed by atoms with E-state index in [0.717, 1.165) is 29.9 Å². The van der Waals surface area contributed by atoms with Crippen molar-refractivity contribution in [2.45, 2.75) is 38.6 Å². The average molecular weight is 333 g/mol. The molecule has 0 heterocycles. The second-order valence-electron chi connectivity index (χ2n) is 6.33. The van der Waals surface area contributed by atoms with Crippen LogP contribution in [0, 0.1) is 17.8 Å². The summed E-state index contributed by atoms with van der Waals surface area (Å²) in [6.45, 7) is 3.22. The van der Waals surface area contributed by atoms with Crippen LogP contribution in [0.4, 0.5) is 0 Å². The molecule has 4 heteroatoms. The minimum Gasteiger partial charge on any atom is -0.310 e. The Morgan fingerprint density at radius 3 is 2.60 bits per heavy atom. The lowest BCUT2D eigenvalue weighted by atomic mass is 9.88. The summed E-state index contributed by atoms with van der Waals surface area (Å²) in [7, 11) is 0. The molecule has 2 aliphatic rings. The van der Waals surface area contributed by atoms with Crippen LogP contribution in [-0.4, -0.2) is 6.54 Å². The molecular weight excluding hydrogens is 313 g/mol. The first-order valence-electron chi connectivity index (χ1n) is 7.43. The molecule has 110 valence electrons. The highest BCUT2D eigenvalue weighted by Gasteiger charge is 2.39. The number of nitrogens with one attached hydrogen (secondary N) is 1. The van der Waals surface area contributed by atoms with Gasteiger partial charge in [-0.05, 0) is 62.1 Å². The first-order chi connectivity index (χ1) is 9.56. The molecule has 0 aliphatic heterocycles. The van der Waals surface area contributed by atoms with Crippen LogP contribution in [0.3, 0.4) is 0 Å². The maximum atomic E-state index is 6.30. The van der Waals surface area contributed by atoms with Gasteiger partial charge in [-0.2, -0.15) is 0 Å². The van der Waals surface area contributed by atoms with Crippen molar-refractivity contribution >= 4 is 34.8 Å². The third-order valence-electron chi connectivity index (χ3n) is 5.10. The Bertz CT molecular complexity index is 503. The number of rotatable bonds is 4. The molecule has 2 bridgehead atoms. The summed E-state index contributed by atoms with van der Waals surface area (Å²) in [4.78, 5) is 0. The smallest absolute Gasteiger partial charge is 0.0781 e. The molecule has 0 spiro atoms. The molecule has 0 amide bonds. The first-order valence-corrected chi connectivity index (χ1v) is 8.56. The van der Waals surface area contributed by atoms with Gasteiger partial charge in [0, 0.05) is 6.04 Å². The van der Waals surface area contributed by atoms with Crippen molar-refractivity contribution in [2.75, 3.05) is 6.54 Å². The van der Waals surface area contributed by atoms with Crippen molar-refractivity contribution in [3.05, 3.63) is 32.8 Å². The van der Waals surface area contributed by atoms with E-state index in [1.54, 1.807) is 0 Å². The van der Waals surface area contributed by atoms with Crippen LogP contribution in [0.15, 0.2) is 12.1 Å². The fourth-order valence-electron chi connectivity index (χ4n) is 3.94. The van der Waals surface area contributed by atoms with E-state index in [1.165, 1.54) is 25.7 Å². The lowest BCUT2D eigenvalue weighted by Gasteiger charge is -2.25. The fourth-order valence-corrected chi connectivity index (χ4v) is 4.65. The van der Waals surface area contributed by atoms with E-state index in [4.69, 9.17) is 34.8 Å². The maximum Gasteiger partial charge on any atom is 0.0781 e. The molecule has 1 N–H and O–H groups in total. The van der Waals surface area contributed by atoms with Crippen molar-refractivity contribution in [3.63, 3.8) is 0 Å². The van der Waals surface area contributed by atoms with Crippen molar-refractivity contribution in [1.29, 1.82) is 0 Å². The second kappa shape index (κ2) is 6.04. The van der Waals surface area contributed by atoms with Gasteiger partial charge < -0.3 is 5.32 Å². The summed E-state index contributed by atoms with van der Waals surface area (Å²) in [6, 6.07) is 3.99. The van der Waals surface area contributed by atoms with Gasteiger partial charge in [0.15, 0.2) is 0 Å². The van der Waals surface area contributed by atoms with Gasteiger partial charge >= 0.3 is 0 Å². The van der Waals surface area contributed by atoms with E-state index in [-0.39, 0.29) is 6.04 Å². The van der Waals surface area contributed by atoms with E-state index in [0.29, 0.717) is 15.1 Å². The molecule has 2 aliphatic carbocycles. The Kier molecular flexibility index (Phi) is 4.52. The van der Waals surface area contributed by atoms with Gasteiger partial charge in [-0.3, -0.25) is 0 Å². The van der Waals surface area contributed by atoms with Gasteiger partial charge in [-0.25, -0.2) is 0 Å². The number of fused-ring (bicyclic) bond motifs is 2. The largest absolute Gasteiger partial charge is 0.310 e. The first kappa shape index (κ1) is 15.0. The van der Waals surface area contributed by atoms with Crippen LogP contribution in [0.5, 0.6) is 0 Å². The van der Waals surface area contributed by atoms with E-state index in [9.17, 15) is 0 Å². The summed E-state index contributed by atoms with van der Waals surface area (Å²) in [6.07, 6.45) is 5.74. The normalized spacial score (nSPS) is 29.9. The van der Waals surface area contributed by atoms with Gasteiger partial charge in [0.2, 0.25) is 0 Å². The van der Waals surface area contributed by atoms with E-state index in [1.807, 2.05) is 12.1 Å². The van der Waals surface area contributed by atoms with E-state index < -0.39 is 0 Å². The van der Waals surface area contributed by atoms with Gasteiger partial charge in [0.05, 0.1) is 15.1 Å². The zero-order valence-electron chi connectivity index (χ0n) is 11.6. The van der Waals surface area contributed by atoms with Crippen LogP contribution in [-0.2, 0) is 0 Å². The molecule has 2 saturated carbocycles. The fraction of sp³-hybridized carbons (Fsp3) is 0.625. The van der Waals surface area contributed by atoms with E-state index in [2.05, 4.69) is 12.2 Å². The van der Waals surface area contributed by atoms with Gasteiger partial charge in [0.25, 0.3) is 0 Å². The highest BCUT2D eigenvalue weighted by molar-refractivity contribution is 6.48. The highest BCUT2D eigenvalue weighted by Crippen LogP contribution is 2.48. The quantitative estimate of drug-likeness (QED) is 0.694. The van der Waals surface area contributed by atoms with Gasteiger partial charge in [-0.15, -0.1) is 0 Å². The number of hydrogen-bond donors (Lipinski definition) is 1. The number of benzene rings is 1. The summed E-state index contributed by atoms with van der Waals surface area (Å²) >= 11 is 18.4. The summed E-state index contributed by atoms with van der Waals surface area (Å²) in [5.74, 6) is 2.79. The SMILES string of the molecule is CC(NCC1CC2CCC1C2)c1ccc(Cl)c(Cl)c1Cl. The molecule has 4 unspecified atom stereocenters. The Balaban J connectivity index is 1.62. The second-order valence-corrected chi connectivity index (χ2v) is 7.49. The molecule has 1 aromatic rings. The lowest BCUT2D eigenvalue weighted by molar-refractivity contribution is 0.309. The summed E-state index contributed by atoms with van der Waals surface area (Å²) in [5, 5.41) is 5.18. The summed E-state index contributed by atoms with van der Waals surface area (Å²) < 4.78 is 0. The molecular formula is C16H20Cl3N. The monoisotopic (exact) mass is 331 g/mol. The van der Waals surface area contributed by atoms with Crippen LogP contribution in [0.1, 0.15) is 44.2 Å². The maximum absolute atomic E-state index is 6.30. The van der Waals surface area contributed by atoms with Crippen LogP contribution < -0.4 is 5.32 Å². The number of halogens is 3. The van der Waals surface area contributed by atoms with Crippen molar-refractivity contribution < 1.29 is 0 Å². The van der Waals surface area contributed by atoms with Crippen LogP contribution in [0.25, 0.3) is 0 Å². The molecule has 0 radical (unpaired) electrons. The topological polar surface area (TPSA) is 12.0 Å². The molecule has 20 heavy (non-hydrogen) atoms. The molecule has 4 atom stereocenters. The predicted molar refractivity (Wildman–Crippen MR) is 86.8 cm³/mol. The Labute approximate surface area is 136 Å². The molecule has 3 rings (SSSR count). The van der Waals surface area contributed by atoms with E-state index >= 15 is 0 Å². The Morgan fingerprint density at radius 1 is 1.15 bits per heavy atom. The third kappa shape index (κ3) is 2.83. The minimum absolute atomic E-state index is 0.205. The average Bonchev–Trinajstić information content (AvgIpc) is 3.05.